The van der Waals surface area contributed by atoms with Crippen LogP contribution in [0.3, 0.4) is 0 Å². The second-order valence-corrected chi connectivity index (χ2v) is 6.58. The molecule has 0 fully saturated rings. The third-order valence-electron chi connectivity index (χ3n) is 3.97. The van der Waals surface area contributed by atoms with Gasteiger partial charge in [0, 0.05) is 16.5 Å². The maximum atomic E-state index is 10.1. The number of phenols is 1. The van der Waals surface area contributed by atoms with Gasteiger partial charge in [0.05, 0.1) is 32.7 Å². The summed E-state index contributed by atoms with van der Waals surface area (Å²) in [5, 5.41) is 16.7. The van der Waals surface area contributed by atoms with Crippen molar-refractivity contribution in [2.24, 2.45) is 10.1 Å². The molecule has 1 aromatic heterocycles. The van der Waals surface area contributed by atoms with Gasteiger partial charge in [0.25, 0.3) is 0 Å². The number of hydrogen-bond acceptors (Lipinski definition) is 6. The van der Waals surface area contributed by atoms with Crippen LogP contribution < -0.4 is 14.3 Å². The molecule has 0 aliphatic heterocycles. The fourth-order valence-corrected chi connectivity index (χ4v) is 3.35. The molecule has 0 saturated heterocycles. The molecule has 3 aromatic rings. The molecule has 0 spiro atoms. The highest BCUT2D eigenvalue weighted by Crippen LogP contribution is 2.24. The van der Waals surface area contributed by atoms with E-state index in [2.05, 4.69) is 16.7 Å². The van der Waals surface area contributed by atoms with Crippen molar-refractivity contribution < 1.29 is 14.6 Å². The number of rotatable bonds is 7. The van der Waals surface area contributed by atoms with Gasteiger partial charge in [-0.15, -0.1) is 17.9 Å². The zero-order valence-corrected chi connectivity index (χ0v) is 16.5. The van der Waals surface area contributed by atoms with Gasteiger partial charge in [0.2, 0.25) is 4.80 Å². The van der Waals surface area contributed by atoms with Gasteiger partial charge in [-0.3, -0.25) is 4.99 Å². The third kappa shape index (κ3) is 4.32. The molecule has 3 rings (SSSR count). The Morgan fingerprint density at radius 1 is 1.11 bits per heavy atom. The summed E-state index contributed by atoms with van der Waals surface area (Å²) >= 11 is 1.48. The molecule has 6 nitrogen and oxygen atoms in total. The van der Waals surface area contributed by atoms with Crippen molar-refractivity contribution in [1.29, 1.82) is 0 Å². The summed E-state index contributed by atoms with van der Waals surface area (Å²) in [6.07, 6.45) is 3.32. The van der Waals surface area contributed by atoms with Crippen molar-refractivity contribution in [3.63, 3.8) is 0 Å². The number of ether oxygens (including phenoxy) is 2. The molecule has 0 radical (unpaired) electrons. The average Bonchev–Trinajstić information content (AvgIpc) is 3.14. The summed E-state index contributed by atoms with van der Waals surface area (Å²) in [6, 6.07) is 12.7. The fraction of sp³-hybridized carbons (Fsp3) is 0.143. The van der Waals surface area contributed by atoms with Crippen LogP contribution in [0.1, 0.15) is 5.56 Å². The number of thiazole rings is 1. The van der Waals surface area contributed by atoms with E-state index in [0.717, 1.165) is 21.8 Å². The first-order valence-corrected chi connectivity index (χ1v) is 9.42. The Kier molecular flexibility index (Phi) is 6.29. The third-order valence-corrected chi connectivity index (χ3v) is 4.83. The molecular formula is C21H21N3O3S. The zero-order chi connectivity index (χ0) is 19.9. The largest absolute Gasteiger partial charge is 0.507 e. The molecule has 0 saturated carbocycles. The predicted molar refractivity (Wildman–Crippen MR) is 113 cm³/mol. The van der Waals surface area contributed by atoms with E-state index >= 15 is 0 Å². The van der Waals surface area contributed by atoms with Crippen LogP contribution in [0.2, 0.25) is 0 Å². The quantitative estimate of drug-likeness (QED) is 0.487. The molecule has 0 unspecified atom stereocenters. The van der Waals surface area contributed by atoms with Gasteiger partial charge in [-0.05, 0) is 42.5 Å². The Hall–Kier alpha value is -3.32. The second-order valence-electron chi connectivity index (χ2n) is 5.74. The van der Waals surface area contributed by atoms with Crippen LogP contribution >= 0.6 is 11.3 Å². The Morgan fingerprint density at radius 2 is 1.82 bits per heavy atom. The maximum Gasteiger partial charge on any atom is 0.206 e. The van der Waals surface area contributed by atoms with Gasteiger partial charge in [-0.1, -0.05) is 6.08 Å². The number of phenolic OH excluding ortho intramolecular Hbond substituents is 1. The summed E-state index contributed by atoms with van der Waals surface area (Å²) in [4.78, 5) is 5.24. The van der Waals surface area contributed by atoms with Crippen LogP contribution in [0, 0.1) is 0 Å². The van der Waals surface area contributed by atoms with E-state index in [1.165, 1.54) is 11.3 Å². The van der Waals surface area contributed by atoms with Crippen molar-refractivity contribution in [2.75, 3.05) is 20.8 Å². The number of nitrogens with zero attached hydrogens (tertiary/aromatic N) is 3. The molecule has 1 N–H and O–H groups in total. The number of benzene rings is 2. The van der Waals surface area contributed by atoms with E-state index in [1.807, 2.05) is 29.6 Å². The highest BCUT2D eigenvalue weighted by atomic mass is 32.1. The predicted octanol–water partition coefficient (Wildman–Crippen LogP) is 3.91. The molecule has 144 valence electrons. The van der Waals surface area contributed by atoms with Crippen LogP contribution in [-0.2, 0) is 0 Å². The van der Waals surface area contributed by atoms with E-state index < -0.39 is 0 Å². The molecule has 0 atom stereocenters. The summed E-state index contributed by atoms with van der Waals surface area (Å²) < 4.78 is 12.2. The van der Waals surface area contributed by atoms with E-state index in [0.29, 0.717) is 17.9 Å². The minimum Gasteiger partial charge on any atom is -0.507 e. The summed E-state index contributed by atoms with van der Waals surface area (Å²) in [5.74, 6) is 1.55. The lowest BCUT2D eigenvalue weighted by atomic mass is 10.2. The first kappa shape index (κ1) is 19.4. The van der Waals surface area contributed by atoms with E-state index in [4.69, 9.17) is 9.47 Å². The first-order chi connectivity index (χ1) is 13.7. The van der Waals surface area contributed by atoms with E-state index in [1.54, 1.807) is 49.4 Å². The molecule has 0 aliphatic carbocycles. The lowest BCUT2D eigenvalue weighted by molar-refractivity contribution is 0.412. The standard InChI is InChI=1S/C21H21N3O3S/c1-4-11-22-21-24(23-13-16-12-18(27-3)9-10-20(16)25)19(14-28-21)15-5-7-17(26-2)8-6-15/h4-10,12-14,25H,1,11H2,2-3H3. The number of aromatic hydroxyl groups is 1. The minimum absolute atomic E-state index is 0.121. The highest BCUT2D eigenvalue weighted by molar-refractivity contribution is 7.07. The van der Waals surface area contributed by atoms with Crippen LogP contribution in [0.5, 0.6) is 17.2 Å². The SMILES string of the molecule is C=CCN=c1scc(-c2ccc(OC)cc2)n1N=Cc1cc(OC)ccc1O. The van der Waals surface area contributed by atoms with E-state index in [-0.39, 0.29) is 5.75 Å². The second kappa shape index (κ2) is 9.05. The summed E-state index contributed by atoms with van der Waals surface area (Å²) in [6.45, 7) is 4.20. The van der Waals surface area contributed by atoms with Crippen LogP contribution in [0.4, 0.5) is 0 Å². The first-order valence-electron chi connectivity index (χ1n) is 8.54. The summed E-state index contributed by atoms with van der Waals surface area (Å²) in [5.41, 5.74) is 2.41. The molecule has 1 heterocycles. The number of aromatic nitrogens is 1. The van der Waals surface area contributed by atoms with Crippen LogP contribution in [0.15, 0.2) is 70.6 Å². The Labute approximate surface area is 167 Å². The molecule has 28 heavy (non-hydrogen) atoms. The van der Waals surface area contributed by atoms with Crippen molar-refractivity contribution in [3.05, 3.63) is 70.9 Å². The fourth-order valence-electron chi connectivity index (χ4n) is 2.50. The lowest BCUT2D eigenvalue weighted by Crippen LogP contribution is -2.12. The number of hydrogen-bond donors (Lipinski definition) is 1. The van der Waals surface area contributed by atoms with Crippen LogP contribution in [-0.4, -0.2) is 36.8 Å². The van der Waals surface area contributed by atoms with Gasteiger partial charge in [-0.25, -0.2) is 4.68 Å². The van der Waals surface area contributed by atoms with Crippen molar-refractivity contribution in [3.8, 4) is 28.5 Å². The molecule has 0 aliphatic rings. The van der Waals surface area contributed by atoms with Gasteiger partial charge in [0.1, 0.15) is 17.2 Å². The Morgan fingerprint density at radius 3 is 2.50 bits per heavy atom. The summed E-state index contributed by atoms with van der Waals surface area (Å²) in [7, 11) is 3.21. The molecule has 0 bridgehead atoms. The smallest absolute Gasteiger partial charge is 0.206 e. The lowest BCUT2D eigenvalue weighted by Gasteiger charge is -2.06. The molecule has 7 heteroatoms. The molecular weight excluding hydrogens is 374 g/mol. The number of methoxy groups -OCH3 is 2. The minimum atomic E-state index is 0.121. The van der Waals surface area contributed by atoms with Gasteiger partial charge < -0.3 is 14.6 Å². The van der Waals surface area contributed by atoms with Crippen molar-refractivity contribution in [2.45, 2.75) is 0 Å². The highest BCUT2D eigenvalue weighted by Gasteiger charge is 2.08. The monoisotopic (exact) mass is 395 g/mol. The molecule has 2 aromatic carbocycles. The van der Waals surface area contributed by atoms with Gasteiger partial charge in [0.15, 0.2) is 0 Å². The zero-order valence-electron chi connectivity index (χ0n) is 15.7. The van der Waals surface area contributed by atoms with Crippen LogP contribution in [0.25, 0.3) is 11.3 Å². The van der Waals surface area contributed by atoms with Gasteiger partial charge >= 0.3 is 0 Å². The van der Waals surface area contributed by atoms with Gasteiger partial charge in [-0.2, -0.15) is 5.10 Å². The average molecular weight is 395 g/mol. The Balaban J connectivity index is 2.07. The van der Waals surface area contributed by atoms with E-state index in [9.17, 15) is 5.11 Å². The maximum absolute atomic E-state index is 10.1. The topological polar surface area (TPSA) is 68.3 Å². The normalized spacial score (nSPS) is 11.7. The Bertz CT molecular complexity index is 1050. The van der Waals surface area contributed by atoms with Crippen molar-refractivity contribution in [1.82, 2.24) is 4.68 Å². The molecule has 0 amide bonds. The van der Waals surface area contributed by atoms with Crippen molar-refractivity contribution >= 4 is 17.6 Å².